The normalized spacial score (nSPS) is 17.9. The minimum absolute atomic E-state index is 0.0185. The average Bonchev–Trinajstić information content (AvgIpc) is 3.31. The molecule has 0 aliphatic carbocycles. The van der Waals surface area contributed by atoms with Crippen molar-refractivity contribution in [3.8, 4) is 0 Å². The van der Waals surface area contributed by atoms with Crippen molar-refractivity contribution >= 4 is 17.3 Å². The summed E-state index contributed by atoms with van der Waals surface area (Å²) in [4.78, 5) is 15.4. The van der Waals surface area contributed by atoms with E-state index in [1.807, 2.05) is 43.0 Å². The largest absolute Gasteiger partial charge is 0.352 e. The van der Waals surface area contributed by atoms with Crippen LogP contribution in [-0.4, -0.2) is 29.5 Å². The lowest BCUT2D eigenvalue weighted by Crippen LogP contribution is -2.29. The zero-order valence-corrected chi connectivity index (χ0v) is 19.5. The highest BCUT2D eigenvalue weighted by atomic mass is 32.1. The number of hydrogen-bond acceptors (Lipinski definition) is 4. The fraction of sp³-hybridized carbons (Fsp3) is 0.231. The molecule has 33 heavy (non-hydrogen) atoms. The van der Waals surface area contributed by atoms with Gasteiger partial charge in [-0.05, 0) is 79.2 Å². The first-order valence-electron chi connectivity index (χ1n) is 11.0. The number of aromatic nitrogens is 4. The Balaban J connectivity index is 1.56. The summed E-state index contributed by atoms with van der Waals surface area (Å²) in [7, 11) is 0. The Kier molecular flexibility index (Phi) is 5.88. The maximum Gasteiger partial charge on any atom is 0.170 e. The number of nitrogens with zero attached hydrogens (tertiary/aromatic N) is 5. The predicted octanol–water partition coefficient (Wildman–Crippen LogP) is 4.51. The lowest BCUT2D eigenvalue weighted by atomic mass is 9.96. The summed E-state index contributed by atoms with van der Waals surface area (Å²) < 4.78 is 2.36. The van der Waals surface area contributed by atoms with E-state index >= 15 is 0 Å². The van der Waals surface area contributed by atoms with E-state index in [0.717, 1.165) is 22.9 Å². The van der Waals surface area contributed by atoms with Crippen LogP contribution in [0.1, 0.15) is 45.9 Å². The molecule has 1 aliphatic heterocycles. The van der Waals surface area contributed by atoms with Crippen molar-refractivity contribution in [3.05, 3.63) is 113 Å². The summed E-state index contributed by atoms with van der Waals surface area (Å²) in [5, 5.41) is 4.29. The van der Waals surface area contributed by atoms with Gasteiger partial charge < -0.3 is 14.8 Å². The maximum atomic E-state index is 5.83. The molecular weight excluding hydrogens is 428 g/mol. The maximum absolute atomic E-state index is 5.83. The van der Waals surface area contributed by atoms with Crippen molar-refractivity contribution in [2.24, 2.45) is 0 Å². The number of pyridine rings is 3. The standard InChI is InChI=1S/C26H26N6S/c1-18-14-22(19(2)31(18)16-20-8-12-27-13-9-20)25-24(23-7-3-4-11-29-23)30-26(33)32(25)17-21-6-5-10-28-15-21/h3-15,24-25H,16-17H2,1-2H3,(H,30,33)/t24-,25-/m1/s1. The van der Waals surface area contributed by atoms with Gasteiger partial charge in [-0.25, -0.2) is 0 Å². The molecule has 0 spiro atoms. The molecule has 0 unspecified atom stereocenters. The van der Waals surface area contributed by atoms with E-state index in [1.54, 1.807) is 6.20 Å². The van der Waals surface area contributed by atoms with E-state index in [-0.39, 0.29) is 12.1 Å². The van der Waals surface area contributed by atoms with Gasteiger partial charge >= 0.3 is 0 Å². The van der Waals surface area contributed by atoms with E-state index in [2.05, 4.69) is 73.9 Å². The van der Waals surface area contributed by atoms with Crippen molar-refractivity contribution in [2.75, 3.05) is 0 Å². The molecule has 4 aromatic heterocycles. The van der Waals surface area contributed by atoms with E-state index in [1.165, 1.54) is 22.5 Å². The quantitative estimate of drug-likeness (QED) is 0.433. The Labute approximate surface area is 199 Å². The molecule has 1 saturated heterocycles. The SMILES string of the molecule is Cc1cc([C@@H]2[C@@H](c3ccccn3)NC(=S)N2Cc2cccnc2)c(C)n1Cc1ccncc1. The van der Waals surface area contributed by atoms with E-state index < -0.39 is 0 Å². The average molecular weight is 455 g/mol. The Morgan fingerprint density at radius 2 is 1.76 bits per heavy atom. The van der Waals surface area contributed by atoms with Crippen LogP contribution in [0.15, 0.2) is 79.5 Å². The molecular formula is C26H26N6S. The van der Waals surface area contributed by atoms with E-state index in [4.69, 9.17) is 12.2 Å². The van der Waals surface area contributed by atoms with Crippen LogP contribution in [0.2, 0.25) is 0 Å². The second-order valence-corrected chi connectivity index (χ2v) is 8.77. The van der Waals surface area contributed by atoms with Crippen LogP contribution < -0.4 is 5.32 Å². The van der Waals surface area contributed by atoms with Gasteiger partial charge in [0.25, 0.3) is 0 Å². The highest BCUT2D eigenvalue weighted by molar-refractivity contribution is 7.80. The van der Waals surface area contributed by atoms with Crippen LogP contribution in [0, 0.1) is 13.8 Å². The van der Waals surface area contributed by atoms with E-state index in [9.17, 15) is 0 Å². The Morgan fingerprint density at radius 3 is 2.48 bits per heavy atom. The first-order valence-corrected chi connectivity index (χ1v) is 11.4. The van der Waals surface area contributed by atoms with Crippen LogP contribution in [0.4, 0.5) is 0 Å². The van der Waals surface area contributed by atoms with Crippen LogP contribution in [0.25, 0.3) is 0 Å². The molecule has 0 bridgehead atoms. The lowest BCUT2D eigenvalue weighted by Gasteiger charge is -2.28. The van der Waals surface area contributed by atoms with Gasteiger partial charge in [0.2, 0.25) is 0 Å². The van der Waals surface area contributed by atoms with Crippen molar-refractivity contribution < 1.29 is 0 Å². The Bertz CT molecular complexity index is 1240. The number of aryl methyl sites for hydroxylation is 1. The number of nitrogens with one attached hydrogen (secondary N) is 1. The summed E-state index contributed by atoms with van der Waals surface area (Å²) in [6.45, 7) is 5.85. The van der Waals surface area contributed by atoms with Gasteiger partial charge in [0.15, 0.2) is 5.11 Å². The van der Waals surface area contributed by atoms with Gasteiger partial charge in [-0.2, -0.15) is 0 Å². The smallest absolute Gasteiger partial charge is 0.170 e. The van der Waals surface area contributed by atoms with Gasteiger partial charge in [-0.1, -0.05) is 12.1 Å². The van der Waals surface area contributed by atoms with Crippen molar-refractivity contribution in [3.63, 3.8) is 0 Å². The molecule has 0 amide bonds. The van der Waals surface area contributed by atoms with Crippen LogP contribution in [0.3, 0.4) is 0 Å². The van der Waals surface area contributed by atoms with Gasteiger partial charge in [0.05, 0.1) is 17.8 Å². The number of rotatable bonds is 6. The molecule has 2 atom stereocenters. The molecule has 0 saturated carbocycles. The zero-order chi connectivity index (χ0) is 22.8. The predicted molar refractivity (Wildman–Crippen MR) is 132 cm³/mol. The van der Waals surface area contributed by atoms with Gasteiger partial charge in [0.1, 0.15) is 0 Å². The van der Waals surface area contributed by atoms with Gasteiger partial charge in [0, 0.05) is 55.5 Å². The van der Waals surface area contributed by atoms with Crippen molar-refractivity contribution in [1.29, 1.82) is 0 Å². The molecule has 6 nitrogen and oxygen atoms in total. The first-order chi connectivity index (χ1) is 16.1. The van der Waals surface area contributed by atoms with Crippen molar-refractivity contribution in [1.82, 2.24) is 29.7 Å². The molecule has 7 heteroatoms. The molecule has 5 rings (SSSR count). The van der Waals surface area contributed by atoms with Gasteiger partial charge in [-0.3, -0.25) is 15.0 Å². The van der Waals surface area contributed by atoms with Gasteiger partial charge in [-0.15, -0.1) is 0 Å². The minimum atomic E-state index is -0.0368. The highest BCUT2D eigenvalue weighted by Crippen LogP contribution is 2.41. The summed E-state index contributed by atoms with van der Waals surface area (Å²) in [5.41, 5.74) is 7.05. The molecule has 1 aliphatic rings. The second-order valence-electron chi connectivity index (χ2n) is 8.38. The summed E-state index contributed by atoms with van der Waals surface area (Å²) in [5.74, 6) is 0. The summed E-state index contributed by atoms with van der Waals surface area (Å²) in [6.07, 6.45) is 9.23. The molecule has 4 aromatic rings. The molecule has 0 aromatic carbocycles. The fourth-order valence-corrected chi connectivity index (χ4v) is 4.95. The van der Waals surface area contributed by atoms with Crippen molar-refractivity contribution in [2.45, 2.75) is 39.0 Å². The monoisotopic (exact) mass is 454 g/mol. The number of thiocarbonyl (C=S) groups is 1. The lowest BCUT2D eigenvalue weighted by molar-refractivity contribution is 0.309. The van der Waals surface area contributed by atoms with E-state index in [0.29, 0.717) is 6.54 Å². The first kappa shape index (κ1) is 21.3. The van der Waals surface area contributed by atoms with Crippen LogP contribution in [-0.2, 0) is 13.1 Å². The fourth-order valence-electron chi connectivity index (χ4n) is 4.64. The molecule has 0 radical (unpaired) electrons. The molecule has 1 fully saturated rings. The third-order valence-electron chi connectivity index (χ3n) is 6.29. The summed E-state index contributed by atoms with van der Waals surface area (Å²) in [6, 6.07) is 16.5. The molecule has 166 valence electrons. The topological polar surface area (TPSA) is 58.9 Å². The van der Waals surface area contributed by atoms with Crippen LogP contribution in [0.5, 0.6) is 0 Å². The third-order valence-corrected chi connectivity index (χ3v) is 6.65. The van der Waals surface area contributed by atoms with Crippen LogP contribution >= 0.6 is 12.2 Å². The Hall–Kier alpha value is -3.58. The molecule has 1 N–H and O–H groups in total. The second kappa shape index (κ2) is 9.11. The third kappa shape index (κ3) is 4.24. The highest BCUT2D eigenvalue weighted by Gasteiger charge is 2.41. The zero-order valence-electron chi connectivity index (χ0n) is 18.7. The number of hydrogen-bond donors (Lipinski definition) is 1. The molecule has 5 heterocycles. The summed E-state index contributed by atoms with van der Waals surface area (Å²) >= 11 is 5.83. The Morgan fingerprint density at radius 1 is 0.909 bits per heavy atom. The minimum Gasteiger partial charge on any atom is -0.352 e.